The number of halogens is 3. The van der Waals surface area contributed by atoms with Crippen molar-refractivity contribution in [1.82, 2.24) is 20.2 Å². The summed E-state index contributed by atoms with van der Waals surface area (Å²) in [6, 6.07) is 14.4. The number of benzene rings is 2. The number of tetrazole rings is 1. The van der Waals surface area contributed by atoms with Gasteiger partial charge in [-0.15, -0.1) is 18.3 Å². The Morgan fingerprint density at radius 3 is 2.43 bits per heavy atom. The zero-order chi connectivity index (χ0) is 21.7. The van der Waals surface area contributed by atoms with E-state index in [0.29, 0.717) is 17.4 Å². The molecule has 1 amide bonds. The maximum atomic E-state index is 12.9. The van der Waals surface area contributed by atoms with Gasteiger partial charge in [0.1, 0.15) is 5.75 Å². The number of para-hydroxylation sites is 1. The number of aromatic nitrogens is 4. The first-order valence-electron chi connectivity index (χ1n) is 8.96. The lowest BCUT2D eigenvalue weighted by atomic mass is 10.2. The summed E-state index contributed by atoms with van der Waals surface area (Å²) < 4.78 is 42.2. The second kappa shape index (κ2) is 9.16. The molecule has 1 aromatic heterocycles. The summed E-state index contributed by atoms with van der Waals surface area (Å²) in [5.41, 5.74) is 1.23. The van der Waals surface area contributed by atoms with Crippen LogP contribution in [-0.4, -0.2) is 44.3 Å². The van der Waals surface area contributed by atoms with Crippen LogP contribution in [0.3, 0.4) is 0 Å². The van der Waals surface area contributed by atoms with Gasteiger partial charge in [0, 0.05) is 12.2 Å². The van der Waals surface area contributed by atoms with Gasteiger partial charge in [-0.05, 0) is 60.7 Å². The van der Waals surface area contributed by atoms with Crippen LogP contribution in [0.2, 0.25) is 0 Å². The van der Waals surface area contributed by atoms with Crippen molar-refractivity contribution in [3.63, 3.8) is 0 Å². The highest BCUT2D eigenvalue weighted by Gasteiger charge is 2.31. The Labute approximate surface area is 174 Å². The lowest BCUT2D eigenvalue weighted by Gasteiger charge is -2.24. The van der Waals surface area contributed by atoms with E-state index in [2.05, 4.69) is 20.3 Å². The van der Waals surface area contributed by atoms with Gasteiger partial charge in [-0.3, -0.25) is 4.79 Å². The zero-order valence-electron chi connectivity index (χ0n) is 16.1. The van der Waals surface area contributed by atoms with Crippen molar-refractivity contribution in [1.29, 1.82) is 0 Å². The predicted molar refractivity (Wildman–Crippen MR) is 106 cm³/mol. The van der Waals surface area contributed by atoms with E-state index in [1.54, 1.807) is 11.8 Å². The molecule has 158 valence electrons. The molecule has 3 rings (SSSR count). The van der Waals surface area contributed by atoms with Gasteiger partial charge >= 0.3 is 6.36 Å². The highest BCUT2D eigenvalue weighted by molar-refractivity contribution is 8.00. The van der Waals surface area contributed by atoms with Crippen LogP contribution in [0.15, 0.2) is 59.8 Å². The van der Waals surface area contributed by atoms with E-state index in [4.69, 9.17) is 0 Å². The molecule has 0 bridgehead atoms. The van der Waals surface area contributed by atoms with E-state index < -0.39 is 11.6 Å². The smallest absolute Gasteiger partial charge is 0.406 e. The Balaban J connectivity index is 1.74. The van der Waals surface area contributed by atoms with E-state index >= 15 is 0 Å². The molecule has 0 radical (unpaired) electrons. The first-order valence-corrected chi connectivity index (χ1v) is 9.84. The molecular weight excluding hydrogens is 419 g/mol. The highest BCUT2D eigenvalue weighted by Crippen LogP contribution is 2.28. The number of rotatable bonds is 7. The molecule has 0 spiro atoms. The lowest BCUT2D eigenvalue weighted by Crippen LogP contribution is -2.36. The Morgan fingerprint density at radius 2 is 1.83 bits per heavy atom. The van der Waals surface area contributed by atoms with Crippen LogP contribution < -0.4 is 9.64 Å². The van der Waals surface area contributed by atoms with Gasteiger partial charge in [-0.2, -0.15) is 4.68 Å². The van der Waals surface area contributed by atoms with Crippen LogP contribution in [0.1, 0.15) is 13.8 Å². The maximum Gasteiger partial charge on any atom is 0.573 e. The number of thioether (sulfide) groups is 1. The van der Waals surface area contributed by atoms with Gasteiger partial charge in [0.05, 0.1) is 10.9 Å². The van der Waals surface area contributed by atoms with Crippen molar-refractivity contribution in [2.75, 3.05) is 11.4 Å². The molecule has 11 heteroatoms. The summed E-state index contributed by atoms with van der Waals surface area (Å²) in [6.07, 6.45) is -4.77. The fraction of sp³-hybridized carbons (Fsp3) is 0.263. The largest absolute Gasteiger partial charge is 0.573 e. The molecule has 7 nitrogen and oxygen atoms in total. The van der Waals surface area contributed by atoms with Crippen LogP contribution in [0, 0.1) is 0 Å². The Kier molecular flexibility index (Phi) is 6.60. The molecule has 0 aliphatic carbocycles. The van der Waals surface area contributed by atoms with E-state index in [9.17, 15) is 18.0 Å². The minimum absolute atomic E-state index is 0.114. The van der Waals surface area contributed by atoms with Gasteiger partial charge in [0.25, 0.3) is 0 Å². The SMILES string of the molecule is CCN(C(=O)C(C)Sc1nnnn1-c1ccc(OC(F)(F)F)cc1)c1ccccc1. The standard InChI is InChI=1S/C19H18F3N5O2S/c1-3-26(14-7-5-4-6-8-14)17(28)13(2)30-18-23-24-25-27(18)15-9-11-16(12-10-15)29-19(20,21)22/h4-13H,3H2,1-2H3. The van der Waals surface area contributed by atoms with Crippen LogP contribution in [0.25, 0.3) is 5.69 Å². The molecule has 2 aromatic carbocycles. The number of hydrogen-bond acceptors (Lipinski definition) is 6. The number of nitrogens with zero attached hydrogens (tertiary/aromatic N) is 5. The third-order valence-corrected chi connectivity index (χ3v) is 5.06. The minimum atomic E-state index is -4.77. The number of anilines is 1. The normalized spacial score (nSPS) is 12.4. The molecule has 1 unspecified atom stereocenters. The average molecular weight is 437 g/mol. The number of amides is 1. The molecule has 30 heavy (non-hydrogen) atoms. The third kappa shape index (κ3) is 5.29. The second-order valence-electron chi connectivity index (χ2n) is 6.09. The number of hydrogen-bond donors (Lipinski definition) is 0. The highest BCUT2D eigenvalue weighted by atomic mass is 32.2. The number of alkyl halides is 3. The van der Waals surface area contributed by atoms with Crippen molar-refractivity contribution in [3.05, 3.63) is 54.6 Å². The van der Waals surface area contributed by atoms with Crippen LogP contribution in [0.5, 0.6) is 5.75 Å². The predicted octanol–water partition coefficient (Wildman–Crippen LogP) is 4.09. The number of carbonyl (C=O) groups is 1. The maximum absolute atomic E-state index is 12.9. The number of carbonyl (C=O) groups excluding carboxylic acids is 1. The van der Waals surface area contributed by atoms with E-state index in [0.717, 1.165) is 17.4 Å². The summed E-state index contributed by atoms with van der Waals surface area (Å²) in [5, 5.41) is 11.3. The van der Waals surface area contributed by atoms with Gasteiger partial charge in [0.15, 0.2) is 0 Å². The first-order chi connectivity index (χ1) is 14.3. The van der Waals surface area contributed by atoms with Crippen molar-refractivity contribution in [3.8, 4) is 11.4 Å². The van der Waals surface area contributed by atoms with Gasteiger partial charge in [0.2, 0.25) is 11.1 Å². The van der Waals surface area contributed by atoms with Crippen molar-refractivity contribution in [2.24, 2.45) is 0 Å². The Hall–Kier alpha value is -3.08. The molecule has 0 fully saturated rings. The molecule has 0 saturated carbocycles. The minimum Gasteiger partial charge on any atom is -0.406 e. The third-order valence-electron chi connectivity index (χ3n) is 4.04. The van der Waals surface area contributed by atoms with Crippen molar-refractivity contribution >= 4 is 23.4 Å². The summed E-state index contributed by atoms with van der Waals surface area (Å²) in [4.78, 5) is 14.6. The summed E-state index contributed by atoms with van der Waals surface area (Å²) in [7, 11) is 0. The molecule has 3 aromatic rings. The fourth-order valence-electron chi connectivity index (χ4n) is 2.71. The summed E-state index contributed by atoms with van der Waals surface area (Å²) in [5.74, 6) is -0.462. The zero-order valence-corrected chi connectivity index (χ0v) is 16.9. The second-order valence-corrected chi connectivity index (χ2v) is 7.40. The van der Waals surface area contributed by atoms with Crippen LogP contribution >= 0.6 is 11.8 Å². The van der Waals surface area contributed by atoms with E-state index in [-0.39, 0.29) is 11.7 Å². The van der Waals surface area contributed by atoms with Gasteiger partial charge in [-0.1, -0.05) is 30.0 Å². The van der Waals surface area contributed by atoms with Crippen LogP contribution in [-0.2, 0) is 4.79 Å². The van der Waals surface area contributed by atoms with Crippen LogP contribution in [0.4, 0.5) is 18.9 Å². The quantitative estimate of drug-likeness (QED) is 0.519. The summed E-state index contributed by atoms with van der Waals surface area (Å²) >= 11 is 1.16. The van der Waals surface area contributed by atoms with Gasteiger partial charge < -0.3 is 9.64 Å². The van der Waals surface area contributed by atoms with E-state index in [1.807, 2.05) is 37.3 Å². The Morgan fingerprint density at radius 1 is 1.17 bits per heavy atom. The fourth-order valence-corrected chi connectivity index (χ4v) is 3.57. The van der Waals surface area contributed by atoms with Gasteiger partial charge in [-0.25, -0.2) is 0 Å². The molecule has 0 aliphatic heterocycles. The molecule has 1 heterocycles. The molecular formula is C19H18F3N5O2S. The van der Waals surface area contributed by atoms with E-state index in [1.165, 1.54) is 28.9 Å². The lowest BCUT2D eigenvalue weighted by molar-refractivity contribution is -0.274. The van der Waals surface area contributed by atoms with Crippen molar-refractivity contribution in [2.45, 2.75) is 30.6 Å². The molecule has 0 saturated heterocycles. The summed E-state index contributed by atoms with van der Waals surface area (Å²) in [6.45, 7) is 4.13. The molecule has 0 aliphatic rings. The van der Waals surface area contributed by atoms with Crippen molar-refractivity contribution < 1.29 is 22.7 Å². The monoisotopic (exact) mass is 437 g/mol. The number of ether oxygens (including phenoxy) is 1. The topological polar surface area (TPSA) is 73.1 Å². The first kappa shape index (κ1) is 21.6. The molecule has 0 N–H and O–H groups in total. The average Bonchev–Trinajstić information content (AvgIpc) is 3.16. The molecule has 1 atom stereocenters. The Bertz CT molecular complexity index is 980.